The number of aromatic nitrogens is 2. The van der Waals surface area contributed by atoms with E-state index >= 15 is 0 Å². The van der Waals surface area contributed by atoms with Gasteiger partial charge in [0.15, 0.2) is 0 Å². The second-order valence-electron chi connectivity index (χ2n) is 5.64. The van der Waals surface area contributed by atoms with Gasteiger partial charge in [0.25, 0.3) is 0 Å². The van der Waals surface area contributed by atoms with Gasteiger partial charge in [-0.25, -0.2) is 9.97 Å². The zero-order valence-electron chi connectivity index (χ0n) is 13.3. The van der Waals surface area contributed by atoms with Crippen molar-refractivity contribution in [2.24, 2.45) is 0 Å². The number of benzene rings is 2. The van der Waals surface area contributed by atoms with Gasteiger partial charge in [-0.2, -0.15) is 0 Å². The third kappa shape index (κ3) is 3.09. The lowest BCUT2D eigenvalue weighted by Crippen LogP contribution is -1.97. The van der Waals surface area contributed by atoms with E-state index in [-0.39, 0.29) is 0 Å². The molecule has 0 spiro atoms. The molecule has 2 aromatic carbocycles. The van der Waals surface area contributed by atoms with E-state index in [1.54, 1.807) is 29.8 Å². The predicted molar refractivity (Wildman–Crippen MR) is 107 cm³/mol. The molecule has 0 aliphatic heterocycles. The maximum Gasteiger partial charge on any atom is 0.143 e. The zero-order chi connectivity index (χ0) is 17.4. The highest BCUT2D eigenvalue weighted by atomic mass is 35.5. The number of halogens is 2. The summed E-state index contributed by atoms with van der Waals surface area (Å²) in [6.45, 7) is 2.07. The summed E-state index contributed by atoms with van der Waals surface area (Å²) >= 11 is 14.2. The molecule has 0 atom stereocenters. The Balaban J connectivity index is 1.87. The Morgan fingerprint density at radius 1 is 0.960 bits per heavy atom. The number of para-hydroxylation sites is 1. The molecule has 1 N–H and O–H groups in total. The molecule has 0 saturated heterocycles. The number of nitrogens with one attached hydrogen (secondary N) is 1. The summed E-state index contributed by atoms with van der Waals surface area (Å²) < 4.78 is 0. The summed E-state index contributed by atoms with van der Waals surface area (Å²) in [6, 6.07) is 13.8. The van der Waals surface area contributed by atoms with E-state index in [1.165, 1.54) is 5.56 Å². The Morgan fingerprint density at radius 3 is 2.40 bits per heavy atom. The van der Waals surface area contributed by atoms with Gasteiger partial charge in [0.05, 0.1) is 21.1 Å². The molecule has 0 radical (unpaired) electrons. The second-order valence-corrected chi connectivity index (χ2v) is 7.31. The quantitative estimate of drug-likeness (QED) is 0.425. The molecule has 0 unspecified atom stereocenters. The molecule has 0 amide bonds. The third-order valence-electron chi connectivity index (χ3n) is 3.94. The molecular weight excluding hydrogens is 373 g/mol. The van der Waals surface area contributed by atoms with Crippen LogP contribution in [0.25, 0.3) is 21.3 Å². The molecule has 4 aromatic rings. The molecule has 124 valence electrons. The first kappa shape index (κ1) is 16.3. The molecule has 4 rings (SSSR count). The van der Waals surface area contributed by atoms with E-state index in [4.69, 9.17) is 23.2 Å². The van der Waals surface area contributed by atoms with Crippen LogP contribution in [-0.4, -0.2) is 9.97 Å². The van der Waals surface area contributed by atoms with E-state index in [0.717, 1.165) is 21.3 Å². The average molecular weight is 386 g/mol. The fraction of sp³-hybridized carbons (Fsp3) is 0.0526. The van der Waals surface area contributed by atoms with Crippen molar-refractivity contribution < 1.29 is 0 Å². The molecule has 6 heteroatoms. The highest BCUT2D eigenvalue weighted by molar-refractivity contribution is 7.17. The van der Waals surface area contributed by atoms with E-state index in [9.17, 15) is 0 Å². The van der Waals surface area contributed by atoms with E-state index in [0.29, 0.717) is 21.6 Å². The van der Waals surface area contributed by atoms with Gasteiger partial charge in [0, 0.05) is 10.9 Å². The van der Waals surface area contributed by atoms with E-state index < -0.39 is 0 Å². The van der Waals surface area contributed by atoms with Crippen molar-refractivity contribution in [2.45, 2.75) is 6.92 Å². The van der Waals surface area contributed by atoms with E-state index in [1.807, 2.05) is 6.07 Å². The largest absolute Gasteiger partial charge is 0.337 e. The fourth-order valence-corrected chi connectivity index (χ4v) is 4.06. The van der Waals surface area contributed by atoms with Crippen molar-refractivity contribution in [3.8, 4) is 11.1 Å². The normalized spacial score (nSPS) is 11.0. The minimum atomic E-state index is 0.548. The van der Waals surface area contributed by atoms with Crippen LogP contribution in [0.5, 0.6) is 0 Å². The summed E-state index contributed by atoms with van der Waals surface area (Å²) in [7, 11) is 0. The van der Waals surface area contributed by atoms with Gasteiger partial charge >= 0.3 is 0 Å². The molecule has 3 nitrogen and oxygen atoms in total. The van der Waals surface area contributed by atoms with Crippen molar-refractivity contribution >= 4 is 56.3 Å². The number of rotatable bonds is 3. The van der Waals surface area contributed by atoms with Crippen molar-refractivity contribution in [3.05, 3.63) is 69.8 Å². The summed E-state index contributed by atoms with van der Waals surface area (Å²) in [5, 5.41) is 7.44. The Morgan fingerprint density at radius 2 is 1.68 bits per heavy atom. The predicted octanol–water partition coefficient (Wildman–Crippen LogP) is 6.72. The van der Waals surface area contributed by atoms with Crippen LogP contribution in [0.4, 0.5) is 11.5 Å². The second kappa shape index (κ2) is 6.64. The van der Waals surface area contributed by atoms with Gasteiger partial charge in [-0.1, -0.05) is 59.1 Å². The Kier molecular flexibility index (Phi) is 4.34. The van der Waals surface area contributed by atoms with Gasteiger partial charge < -0.3 is 5.32 Å². The molecule has 0 fully saturated rings. The van der Waals surface area contributed by atoms with Crippen molar-refractivity contribution in [1.29, 1.82) is 0 Å². The lowest BCUT2D eigenvalue weighted by molar-refractivity contribution is 1.23. The fourth-order valence-electron chi connectivity index (χ4n) is 2.65. The molecule has 2 aromatic heterocycles. The van der Waals surface area contributed by atoms with Crippen LogP contribution in [-0.2, 0) is 0 Å². The summed E-state index contributed by atoms with van der Waals surface area (Å²) in [6.07, 6.45) is 1.55. The van der Waals surface area contributed by atoms with Gasteiger partial charge in [0.1, 0.15) is 17.0 Å². The molecule has 0 saturated carbocycles. The highest BCUT2D eigenvalue weighted by Gasteiger charge is 2.15. The van der Waals surface area contributed by atoms with Gasteiger partial charge in [0.2, 0.25) is 0 Å². The van der Waals surface area contributed by atoms with Crippen LogP contribution in [0.3, 0.4) is 0 Å². The van der Waals surface area contributed by atoms with Crippen LogP contribution < -0.4 is 5.32 Å². The van der Waals surface area contributed by atoms with Crippen molar-refractivity contribution in [1.82, 2.24) is 9.97 Å². The van der Waals surface area contributed by atoms with Crippen LogP contribution in [0.15, 0.2) is 54.2 Å². The standard InChI is InChI=1S/C19H13Cl2N3S/c1-11-5-7-12(8-6-11)13-9-25-19-16(13)18(22-10-23-19)24-17-14(20)3-2-4-15(17)21/h2-10H,1H3,(H,22,23,24). The van der Waals surface area contributed by atoms with Gasteiger partial charge in [-0.15, -0.1) is 11.3 Å². The minimum Gasteiger partial charge on any atom is -0.337 e. The number of anilines is 2. The van der Waals surface area contributed by atoms with Crippen molar-refractivity contribution in [2.75, 3.05) is 5.32 Å². The Hall–Kier alpha value is -2.14. The number of thiophene rings is 1. The summed E-state index contributed by atoms with van der Waals surface area (Å²) in [4.78, 5) is 9.73. The maximum absolute atomic E-state index is 6.29. The first-order valence-corrected chi connectivity index (χ1v) is 9.27. The highest BCUT2D eigenvalue weighted by Crippen LogP contribution is 2.39. The van der Waals surface area contributed by atoms with Gasteiger partial charge in [-0.05, 0) is 24.6 Å². The van der Waals surface area contributed by atoms with Crippen LogP contribution >= 0.6 is 34.5 Å². The van der Waals surface area contributed by atoms with Crippen molar-refractivity contribution in [3.63, 3.8) is 0 Å². The number of fused-ring (bicyclic) bond motifs is 1. The monoisotopic (exact) mass is 385 g/mol. The Labute approximate surface area is 159 Å². The maximum atomic E-state index is 6.29. The number of hydrogen-bond donors (Lipinski definition) is 1. The SMILES string of the molecule is Cc1ccc(-c2csc3ncnc(Nc4c(Cl)cccc4Cl)c23)cc1. The topological polar surface area (TPSA) is 37.8 Å². The number of hydrogen-bond acceptors (Lipinski definition) is 4. The smallest absolute Gasteiger partial charge is 0.143 e. The first-order valence-electron chi connectivity index (χ1n) is 7.64. The van der Waals surface area contributed by atoms with E-state index in [2.05, 4.69) is 51.9 Å². The van der Waals surface area contributed by atoms with Crippen LogP contribution in [0, 0.1) is 6.92 Å². The molecule has 0 aliphatic carbocycles. The number of nitrogens with zero attached hydrogens (tertiary/aromatic N) is 2. The lowest BCUT2D eigenvalue weighted by Gasteiger charge is -2.11. The number of aryl methyl sites for hydroxylation is 1. The molecule has 0 aliphatic rings. The third-order valence-corrected chi connectivity index (χ3v) is 5.46. The minimum absolute atomic E-state index is 0.548. The Bertz CT molecular complexity index is 1040. The first-order chi connectivity index (χ1) is 12.1. The molecule has 2 heterocycles. The molecule has 25 heavy (non-hydrogen) atoms. The summed E-state index contributed by atoms with van der Waals surface area (Å²) in [5.74, 6) is 0.692. The zero-order valence-corrected chi connectivity index (χ0v) is 15.6. The van der Waals surface area contributed by atoms with Gasteiger partial charge in [-0.3, -0.25) is 0 Å². The average Bonchev–Trinajstić information content (AvgIpc) is 3.04. The summed E-state index contributed by atoms with van der Waals surface area (Å²) in [5.41, 5.74) is 4.08. The lowest BCUT2D eigenvalue weighted by atomic mass is 10.0. The van der Waals surface area contributed by atoms with Crippen LogP contribution in [0.2, 0.25) is 10.0 Å². The molecular formula is C19H13Cl2N3S. The molecule has 0 bridgehead atoms. The van der Waals surface area contributed by atoms with Crippen LogP contribution in [0.1, 0.15) is 5.56 Å².